The van der Waals surface area contributed by atoms with Gasteiger partial charge in [0.15, 0.2) is 0 Å². The third-order valence-corrected chi connectivity index (χ3v) is 2.39. The molecule has 4 nitrogen and oxygen atoms in total. The van der Waals surface area contributed by atoms with Crippen LogP contribution in [0.4, 0.5) is 0 Å². The van der Waals surface area contributed by atoms with Crippen LogP contribution >= 0.6 is 37.5 Å². The molecule has 0 aliphatic heterocycles. The lowest BCUT2D eigenvalue weighted by Gasteiger charge is -2.05. The molecule has 94 valence electrons. The van der Waals surface area contributed by atoms with Gasteiger partial charge in [-0.05, 0) is 19.1 Å². The number of nitrogens with two attached hydrogens (primary N) is 1. The molecule has 0 aliphatic carbocycles. The first-order valence-electron chi connectivity index (χ1n) is 4.52. The quantitative estimate of drug-likeness (QED) is 0.846. The molecule has 1 atom stereocenters. The zero-order valence-electron chi connectivity index (χ0n) is 9.03. The van der Waals surface area contributed by atoms with Gasteiger partial charge in [-0.1, -0.05) is 11.6 Å². The lowest BCUT2D eigenvalue weighted by Crippen LogP contribution is -2.19. The molecule has 0 spiro atoms. The van der Waals surface area contributed by atoms with Crippen LogP contribution in [0.3, 0.4) is 0 Å². The Morgan fingerprint density at radius 1 is 1.47 bits per heavy atom. The zero-order chi connectivity index (χ0) is 11.0. The molecule has 2 aromatic heterocycles. The number of halogens is 2. The van der Waals surface area contributed by atoms with E-state index in [4.69, 9.17) is 17.3 Å². The summed E-state index contributed by atoms with van der Waals surface area (Å²) in [5.74, 6) is 0. The van der Waals surface area contributed by atoms with Gasteiger partial charge in [0, 0.05) is 23.2 Å². The molecule has 2 aromatic rings. The SMILES string of the molecule is C[C@H](N)c1cc2cc(Cl)cnc2[nH]c1=O.Cl.S. The number of rotatable bonds is 1. The smallest absolute Gasteiger partial charge is 0.254 e. The number of aromatic amines is 1. The van der Waals surface area contributed by atoms with Gasteiger partial charge in [-0.15, -0.1) is 12.4 Å². The third kappa shape index (κ3) is 3.35. The second-order valence-electron chi connectivity index (χ2n) is 3.43. The van der Waals surface area contributed by atoms with Crippen molar-refractivity contribution in [1.82, 2.24) is 9.97 Å². The number of nitrogens with zero attached hydrogens (tertiary/aromatic N) is 1. The van der Waals surface area contributed by atoms with E-state index >= 15 is 0 Å². The molecule has 0 unspecified atom stereocenters. The predicted octanol–water partition coefficient (Wildman–Crippen LogP) is 2.13. The van der Waals surface area contributed by atoms with Crippen molar-refractivity contribution < 1.29 is 0 Å². The number of pyridine rings is 2. The molecule has 17 heavy (non-hydrogen) atoms. The average molecular weight is 294 g/mol. The summed E-state index contributed by atoms with van der Waals surface area (Å²) in [4.78, 5) is 18.2. The maximum absolute atomic E-state index is 11.6. The molecule has 0 saturated carbocycles. The van der Waals surface area contributed by atoms with E-state index < -0.39 is 0 Å². The van der Waals surface area contributed by atoms with Crippen molar-refractivity contribution in [2.75, 3.05) is 0 Å². The van der Waals surface area contributed by atoms with Gasteiger partial charge in [0.2, 0.25) is 0 Å². The van der Waals surface area contributed by atoms with E-state index in [9.17, 15) is 4.79 Å². The minimum Gasteiger partial charge on any atom is -0.324 e. The van der Waals surface area contributed by atoms with Gasteiger partial charge in [-0.25, -0.2) is 4.98 Å². The van der Waals surface area contributed by atoms with Crippen LogP contribution in [0.15, 0.2) is 23.1 Å². The highest BCUT2D eigenvalue weighted by Gasteiger charge is 2.07. The number of H-pyrrole nitrogens is 1. The summed E-state index contributed by atoms with van der Waals surface area (Å²) in [6.07, 6.45) is 1.49. The molecule has 3 N–H and O–H groups in total. The van der Waals surface area contributed by atoms with Crippen LogP contribution in [-0.2, 0) is 0 Å². The molecule has 0 aromatic carbocycles. The number of fused-ring (bicyclic) bond motifs is 1. The first-order valence-corrected chi connectivity index (χ1v) is 4.90. The van der Waals surface area contributed by atoms with Gasteiger partial charge in [0.25, 0.3) is 5.56 Å². The van der Waals surface area contributed by atoms with E-state index in [1.807, 2.05) is 0 Å². The average Bonchev–Trinajstić information content (AvgIpc) is 2.17. The Kier molecular flexibility index (Phi) is 5.98. The molecule has 0 aliphatic rings. The van der Waals surface area contributed by atoms with Gasteiger partial charge < -0.3 is 10.7 Å². The zero-order valence-corrected chi connectivity index (χ0v) is 11.6. The second kappa shape index (κ2) is 6.26. The maximum Gasteiger partial charge on any atom is 0.254 e. The topological polar surface area (TPSA) is 71.8 Å². The van der Waals surface area contributed by atoms with Crippen molar-refractivity contribution in [3.05, 3.63) is 39.3 Å². The van der Waals surface area contributed by atoms with Crippen molar-refractivity contribution in [3.8, 4) is 0 Å². The summed E-state index contributed by atoms with van der Waals surface area (Å²) < 4.78 is 0. The number of nitrogens with one attached hydrogen (secondary N) is 1. The molecule has 2 heterocycles. The Morgan fingerprint density at radius 3 is 2.71 bits per heavy atom. The lowest BCUT2D eigenvalue weighted by molar-refractivity contribution is 0.803. The van der Waals surface area contributed by atoms with Crippen LogP contribution in [0.2, 0.25) is 5.02 Å². The van der Waals surface area contributed by atoms with E-state index in [0.29, 0.717) is 16.2 Å². The second-order valence-corrected chi connectivity index (χ2v) is 3.87. The molecule has 0 radical (unpaired) electrons. The first-order chi connectivity index (χ1) is 7.08. The summed E-state index contributed by atoms with van der Waals surface area (Å²) in [7, 11) is 0. The number of hydrogen-bond donors (Lipinski definition) is 2. The fourth-order valence-electron chi connectivity index (χ4n) is 1.42. The van der Waals surface area contributed by atoms with Crippen LogP contribution in [0, 0.1) is 0 Å². The molecule has 0 fully saturated rings. The maximum atomic E-state index is 11.6. The van der Waals surface area contributed by atoms with Gasteiger partial charge in [0.05, 0.1) is 5.02 Å². The molecule has 0 amide bonds. The van der Waals surface area contributed by atoms with Gasteiger partial charge in [0.1, 0.15) is 5.65 Å². The summed E-state index contributed by atoms with van der Waals surface area (Å²) >= 11 is 5.80. The number of hydrogen-bond acceptors (Lipinski definition) is 3. The third-order valence-electron chi connectivity index (χ3n) is 2.18. The Morgan fingerprint density at radius 2 is 2.12 bits per heavy atom. The monoisotopic (exact) mass is 293 g/mol. The first kappa shape index (κ1) is 16.2. The van der Waals surface area contributed by atoms with E-state index in [1.165, 1.54) is 6.20 Å². The van der Waals surface area contributed by atoms with Crippen molar-refractivity contribution in [3.63, 3.8) is 0 Å². The molecular formula is C10H13Cl2N3OS. The molecule has 2 rings (SSSR count). The van der Waals surface area contributed by atoms with E-state index in [-0.39, 0.29) is 37.5 Å². The largest absolute Gasteiger partial charge is 0.324 e. The number of aromatic nitrogens is 2. The molecule has 0 saturated heterocycles. The van der Waals surface area contributed by atoms with Gasteiger partial charge >= 0.3 is 0 Å². The summed E-state index contributed by atoms with van der Waals surface area (Å²) in [5.41, 5.74) is 6.52. The minimum atomic E-state index is -0.308. The lowest BCUT2D eigenvalue weighted by atomic mass is 10.1. The fourth-order valence-corrected chi connectivity index (χ4v) is 1.59. The van der Waals surface area contributed by atoms with Crippen molar-refractivity contribution in [2.45, 2.75) is 13.0 Å². The van der Waals surface area contributed by atoms with Crippen LogP contribution in [0.5, 0.6) is 0 Å². The standard InChI is InChI=1S/C10H10ClN3O.ClH.H2S/c1-5(12)8-3-6-2-7(11)4-13-9(6)14-10(8)15;;/h2-5H,12H2,1H3,(H,13,14,15);1H;1H2/t5-;;/m0../s1. The predicted molar refractivity (Wildman–Crippen MR) is 77.6 cm³/mol. The van der Waals surface area contributed by atoms with Crippen molar-refractivity contribution >= 4 is 48.5 Å². The minimum absolute atomic E-state index is 0. The summed E-state index contributed by atoms with van der Waals surface area (Å²) in [5, 5.41) is 1.32. The van der Waals surface area contributed by atoms with E-state index in [2.05, 4.69) is 9.97 Å². The molecule has 0 bridgehead atoms. The van der Waals surface area contributed by atoms with E-state index in [1.54, 1.807) is 19.1 Å². The molecular weight excluding hydrogens is 281 g/mol. The molecule has 7 heteroatoms. The van der Waals surface area contributed by atoms with Crippen LogP contribution < -0.4 is 11.3 Å². The summed E-state index contributed by atoms with van der Waals surface area (Å²) in [6.45, 7) is 1.76. The Labute approximate surface area is 116 Å². The Hall–Kier alpha value is -0.750. The van der Waals surface area contributed by atoms with Crippen molar-refractivity contribution in [2.24, 2.45) is 5.73 Å². The summed E-state index contributed by atoms with van der Waals surface area (Å²) in [6, 6.07) is 3.15. The normalized spacial score (nSPS) is 11.5. The van der Waals surface area contributed by atoms with Gasteiger partial charge in [-0.2, -0.15) is 13.5 Å². The fraction of sp³-hybridized carbons (Fsp3) is 0.200. The Bertz CT molecular complexity index is 571. The van der Waals surface area contributed by atoms with Crippen LogP contribution in [0.25, 0.3) is 11.0 Å². The highest BCUT2D eigenvalue weighted by Crippen LogP contribution is 2.16. The highest BCUT2D eigenvalue weighted by atomic mass is 35.5. The highest BCUT2D eigenvalue weighted by molar-refractivity contribution is 7.59. The van der Waals surface area contributed by atoms with E-state index in [0.717, 1.165) is 5.39 Å². The van der Waals surface area contributed by atoms with Gasteiger partial charge in [-0.3, -0.25) is 4.79 Å². The Balaban J connectivity index is 0.00000128. The van der Waals surface area contributed by atoms with Crippen LogP contribution in [-0.4, -0.2) is 9.97 Å². The van der Waals surface area contributed by atoms with Crippen molar-refractivity contribution in [1.29, 1.82) is 0 Å². The van der Waals surface area contributed by atoms with Crippen LogP contribution in [0.1, 0.15) is 18.5 Å².